The molecular weight excluding hydrogens is 393 g/mol. The number of halogens is 2. The van der Waals surface area contributed by atoms with Crippen LogP contribution in [0.4, 0.5) is 4.39 Å². The molecule has 0 bridgehead atoms. The summed E-state index contributed by atoms with van der Waals surface area (Å²) >= 11 is 6.13. The number of hydrogen-bond acceptors (Lipinski definition) is 3. The Bertz CT molecular complexity index is 1120. The number of fused-ring (bicyclic) bond motifs is 1. The molecule has 2 aromatic carbocycles. The van der Waals surface area contributed by atoms with Crippen molar-refractivity contribution in [1.29, 1.82) is 0 Å². The minimum absolute atomic E-state index is 0.150. The van der Waals surface area contributed by atoms with Crippen molar-refractivity contribution in [2.24, 2.45) is 7.05 Å². The monoisotopic (exact) mass is 413 g/mol. The van der Waals surface area contributed by atoms with Crippen LogP contribution in [-0.2, 0) is 13.6 Å². The van der Waals surface area contributed by atoms with E-state index in [1.807, 2.05) is 24.3 Å². The molecule has 0 radical (unpaired) electrons. The number of aromatic nitrogens is 1. The van der Waals surface area contributed by atoms with Crippen LogP contribution in [0.2, 0.25) is 5.02 Å². The van der Waals surface area contributed by atoms with E-state index in [0.717, 1.165) is 10.9 Å². The number of pyridine rings is 1. The maximum atomic E-state index is 14.0. The second-order valence-electron chi connectivity index (χ2n) is 7.24. The third-order valence-electron chi connectivity index (χ3n) is 5.49. The smallest absolute Gasteiger partial charge is 0.254 e. The predicted molar refractivity (Wildman–Crippen MR) is 112 cm³/mol. The van der Waals surface area contributed by atoms with Crippen molar-refractivity contribution in [3.63, 3.8) is 0 Å². The van der Waals surface area contributed by atoms with E-state index in [0.29, 0.717) is 48.9 Å². The Kier molecular flexibility index (Phi) is 5.39. The molecule has 1 aliphatic rings. The van der Waals surface area contributed by atoms with Crippen molar-refractivity contribution in [2.45, 2.75) is 6.54 Å². The highest BCUT2D eigenvalue weighted by Crippen LogP contribution is 2.22. The first kappa shape index (κ1) is 19.6. The number of rotatable bonds is 3. The number of carbonyl (C=O) groups is 1. The van der Waals surface area contributed by atoms with Gasteiger partial charge in [0.2, 0.25) is 0 Å². The Morgan fingerprint density at radius 3 is 2.52 bits per heavy atom. The summed E-state index contributed by atoms with van der Waals surface area (Å²) in [7, 11) is 1.70. The molecule has 1 fully saturated rings. The number of piperazine rings is 1. The van der Waals surface area contributed by atoms with Gasteiger partial charge in [-0.2, -0.15) is 0 Å². The third-order valence-corrected chi connectivity index (χ3v) is 5.84. The highest BCUT2D eigenvalue weighted by atomic mass is 35.5. The van der Waals surface area contributed by atoms with Crippen LogP contribution in [0.15, 0.2) is 53.3 Å². The minimum Gasteiger partial charge on any atom is -0.336 e. The molecule has 0 atom stereocenters. The molecule has 0 unspecified atom stereocenters. The van der Waals surface area contributed by atoms with Crippen molar-refractivity contribution < 1.29 is 9.18 Å². The molecule has 1 amide bonds. The van der Waals surface area contributed by atoms with Gasteiger partial charge in [-0.1, -0.05) is 35.9 Å². The summed E-state index contributed by atoms with van der Waals surface area (Å²) in [6.07, 6.45) is 0. The highest BCUT2D eigenvalue weighted by Gasteiger charge is 2.25. The zero-order valence-corrected chi connectivity index (χ0v) is 16.8. The molecule has 150 valence electrons. The van der Waals surface area contributed by atoms with Crippen LogP contribution in [0.5, 0.6) is 0 Å². The van der Waals surface area contributed by atoms with Crippen LogP contribution in [0, 0.1) is 5.82 Å². The van der Waals surface area contributed by atoms with Gasteiger partial charge in [0.1, 0.15) is 5.82 Å². The summed E-state index contributed by atoms with van der Waals surface area (Å²) in [5.41, 5.74) is 1.43. The topological polar surface area (TPSA) is 45.6 Å². The van der Waals surface area contributed by atoms with E-state index in [2.05, 4.69) is 4.90 Å². The molecule has 7 heteroatoms. The molecule has 29 heavy (non-hydrogen) atoms. The lowest BCUT2D eigenvalue weighted by molar-refractivity contribution is 0.0628. The predicted octanol–water partition coefficient (Wildman–Crippen LogP) is 3.29. The quantitative estimate of drug-likeness (QED) is 0.662. The Labute approximate surface area is 172 Å². The molecule has 5 nitrogen and oxygen atoms in total. The molecule has 1 saturated heterocycles. The average molecular weight is 414 g/mol. The lowest BCUT2D eigenvalue weighted by atomic mass is 10.1. The van der Waals surface area contributed by atoms with Crippen molar-refractivity contribution in [2.75, 3.05) is 26.2 Å². The van der Waals surface area contributed by atoms with E-state index in [9.17, 15) is 14.0 Å². The maximum absolute atomic E-state index is 14.0. The molecular formula is C22H21ClFN3O2. The number of nitrogens with zero attached hydrogens (tertiary/aromatic N) is 3. The van der Waals surface area contributed by atoms with Gasteiger partial charge in [0.15, 0.2) is 0 Å². The fourth-order valence-corrected chi connectivity index (χ4v) is 4.00. The van der Waals surface area contributed by atoms with Crippen molar-refractivity contribution in [1.82, 2.24) is 14.4 Å². The van der Waals surface area contributed by atoms with Gasteiger partial charge >= 0.3 is 0 Å². The largest absolute Gasteiger partial charge is 0.336 e. The molecule has 0 N–H and O–H groups in total. The fraction of sp³-hybridized carbons (Fsp3) is 0.273. The summed E-state index contributed by atoms with van der Waals surface area (Å²) in [4.78, 5) is 29.3. The lowest BCUT2D eigenvalue weighted by Gasteiger charge is -2.35. The van der Waals surface area contributed by atoms with E-state index in [4.69, 9.17) is 11.6 Å². The zero-order valence-electron chi connectivity index (χ0n) is 16.1. The van der Waals surface area contributed by atoms with Gasteiger partial charge in [-0.15, -0.1) is 0 Å². The normalized spacial score (nSPS) is 15.1. The molecule has 0 spiro atoms. The van der Waals surface area contributed by atoms with Gasteiger partial charge in [0.25, 0.3) is 11.5 Å². The Hall–Kier alpha value is -2.70. The van der Waals surface area contributed by atoms with Gasteiger partial charge in [0, 0.05) is 61.8 Å². The van der Waals surface area contributed by atoms with Gasteiger partial charge < -0.3 is 9.47 Å². The van der Waals surface area contributed by atoms with E-state index < -0.39 is 0 Å². The van der Waals surface area contributed by atoms with Crippen molar-refractivity contribution in [3.05, 3.63) is 80.9 Å². The molecule has 1 aromatic heterocycles. The first-order valence-corrected chi connectivity index (χ1v) is 9.87. The van der Waals surface area contributed by atoms with Gasteiger partial charge in [-0.25, -0.2) is 4.39 Å². The van der Waals surface area contributed by atoms with Crippen LogP contribution < -0.4 is 5.56 Å². The first-order valence-electron chi connectivity index (χ1n) is 9.49. The second-order valence-corrected chi connectivity index (χ2v) is 7.65. The fourth-order valence-electron chi connectivity index (χ4n) is 3.77. The summed E-state index contributed by atoms with van der Waals surface area (Å²) < 4.78 is 15.6. The molecule has 1 aliphatic heterocycles. The molecule has 0 aliphatic carbocycles. The highest BCUT2D eigenvalue weighted by molar-refractivity contribution is 6.31. The Morgan fingerprint density at radius 1 is 1.07 bits per heavy atom. The van der Waals surface area contributed by atoms with Crippen LogP contribution in [-0.4, -0.2) is 46.5 Å². The lowest BCUT2D eigenvalue weighted by Crippen LogP contribution is -2.48. The molecule has 2 heterocycles. The molecule has 0 saturated carbocycles. The van der Waals surface area contributed by atoms with Crippen LogP contribution in [0.1, 0.15) is 15.9 Å². The molecule has 4 rings (SSSR count). The van der Waals surface area contributed by atoms with Crippen LogP contribution in [0.25, 0.3) is 10.9 Å². The number of hydrogen-bond donors (Lipinski definition) is 0. The minimum atomic E-state index is -0.317. The zero-order chi connectivity index (χ0) is 20.5. The third kappa shape index (κ3) is 3.78. The number of aryl methyl sites for hydroxylation is 1. The molecule has 3 aromatic rings. The Morgan fingerprint density at radius 2 is 1.79 bits per heavy atom. The summed E-state index contributed by atoms with van der Waals surface area (Å²) in [6, 6.07) is 13.5. The van der Waals surface area contributed by atoms with E-state index in [1.54, 1.807) is 28.6 Å². The summed E-state index contributed by atoms with van der Waals surface area (Å²) in [5, 5.41) is 1.18. The summed E-state index contributed by atoms with van der Waals surface area (Å²) in [5.74, 6) is -0.468. The van der Waals surface area contributed by atoms with Crippen LogP contribution in [0.3, 0.4) is 0 Å². The Balaban J connectivity index is 1.51. The summed E-state index contributed by atoms with van der Waals surface area (Å²) in [6.45, 7) is 2.64. The van der Waals surface area contributed by atoms with Crippen LogP contribution >= 0.6 is 11.6 Å². The number of benzene rings is 2. The SMILES string of the molecule is Cn1c(=O)cc(C(=O)N2CCN(Cc3c(F)cccc3Cl)CC2)c2ccccc21. The van der Waals surface area contributed by atoms with Gasteiger partial charge in [-0.3, -0.25) is 14.5 Å². The van der Waals surface area contributed by atoms with E-state index in [1.165, 1.54) is 12.1 Å². The van der Waals surface area contributed by atoms with E-state index >= 15 is 0 Å². The second kappa shape index (κ2) is 7.97. The number of carbonyl (C=O) groups excluding carboxylic acids is 1. The number of amides is 1. The maximum Gasteiger partial charge on any atom is 0.254 e. The van der Waals surface area contributed by atoms with Gasteiger partial charge in [0.05, 0.1) is 11.1 Å². The van der Waals surface area contributed by atoms with Crippen molar-refractivity contribution in [3.8, 4) is 0 Å². The standard InChI is InChI=1S/C22H21ClFN3O2/c1-25-20-8-3-2-5-15(20)16(13-21(25)28)22(29)27-11-9-26(10-12-27)14-17-18(23)6-4-7-19(17)24/h2-8,13H,9-12,14H2,1H3. The van der Waals surface area contributed by atoms with E-state index in [-0.39, 0.29) is 17.3 Å². The average Bonchev–Trinajstić information content (AvgIpc) is 2.73. The first-order chi connectivity index (χ1) is 14.0. The van der Waals surface area contributed by atoms with Crippen molar-refractivity contribution >= 4 is 28.4 Å². The number of para-hydroxylation sites is 1. The van der Waals surface area contributed by atoms with Gasteiger partial charge in [-0.05, 0) is 18.2 Å².